The molecule has 3 N–H and O–H groups in total. The monoisotopic (exact) mass is 429 g/mol. The zero-order chi connectivity index (χ0) is 21.3. The van der Waals surface area contributed by atoms with Crippen molar-refractivity contribution in [3.05, 3.63) is 45.2 Å². The Bertz CT molecular complexity index is 1020. The summed E-state index contributed by atoms with van der Waals surface area (Å²) in [6.07, 6.45) is 4.04. The molecule has 2 aliphatic heterocycles. The first kappa shape index (κ1) is 20.4. The SMILES string of the molecule is CCC1CCCCN1c1nc2c(c(=O)[nH]1)C(C(=O)Nc1ccc(Cl)cc1)CC(=O)N2. The van der Waals surface area contributed by atoms with E-state index in [-0.39, 0.29) is 23.7 Å². The second kappa shape index (κ2) is 8.47. The van der Waals surface area contributed by atoms with Gasteiger partial charge in [0, 0.05) is 29.7 Å². The average Bonchev–Trinajstić information content (AvgIpc) is 2.74. The van der Waals surface area contributed by atoms with Gasteiger partial charge in [-0.1, -0.05) is 18.5 Å². The fourth-order valence-corrected chi connectivity index (χ4v) is 4.31. The molecule has 4 rings (SSSR count). The Hall–Kier alpha value is -2.87. The molecular weight excluding hydrogens is 406 g/mol. The van der Waals surface area contributed by atoms with E-state index in [4.69, 9.17) is 11.6 Å². The van der Waals surface area contributed by atoms with E-state index in [0.29, 0.717) is 22.7 Å². The van der Waals surface area contributed by atoms with Crippen LogP contribution in [0.1, 0.15) is 50.5 Å². The van der Waals surface area contributed by atoms with E-state index in [9.17, 15) is 14.4 Å². The zero-order valence-electron chi connectivity index (χ0n) is 16.7. The van der Waals surface area contributed by atoms with Crippen LogP contribution < -0.4 is 21.1 Å². The van der Waals surface area contributed by atoms with Gasteiger partial charge < -0.3 is 15.5 Å². The van der Waals surface area contributed by atoms with Crippen molar-refractivity contribution in [3.63, 3.8) is 0 Å². The highest BCUT2D eigenvalue weighted by Gasteiger charge is 2.35. The molecule has 0 aliphatic carbocycles. The number of benzene rings is 1. The number of hydrogen-bond acceptors (Lipinski definition) is 5. The lowest BCUT2D eigenvalue weighted by Crippen LogP contribution is -2.43. The Labute approximate surface area is 179 Å². The van der Waals surface area contributed by atoms with Gasteiger partial charge in [-0.2, -0.15) is 4.98 Å². The third kappa shape index (κ3) is 4.05. The number of piperidine rings is 1. The van der Waals surface area contributed by atoms with Crippen LogP contribution in [0.3, 0.4) is 0 Å². The van der Waals surface area contributed by atoms with Crippen molar-refractivity contribution in [1.29, 1.82) is 0 Å². The average molecular weight is 430 g/mol. The fraction of sp³-hybridized carbons (Fsp3) is 0.429. The summed E-state index contributed by atoms with van der Waals surface area (Å²) < 4.78 is 0. The quantitative estimate of drug-likeness (QED) is 0.691. The number of rotatable bonds is 4. The minimum Gasteiger partial charge on any atom is -0.339 e. The number of nitrogens with one attached hydrogen (secondary N) is 3. The van der Waals surface area contributed by atoms with Gasteiger partial charge in [0.25, 0.3) is 5.56 Å². The van der Waals surface area contributed by atoms with E-state index in [1.165, 1.54) is 0 Å². The summed E-state index contributed by atoms with van der Waals surface area (Å²) in [5.41, 5.74) is 0.332. The molecule has 8 nitrogen and oxygen atoms in total. The van der Waals surface area contributed by atoms with Crippen LogP contribution in [0.15, 0.2) is 29.1 Å². The van der Waals surface area contributed by atoms with Gasteiger partial charge in [-0.25, -0.2) is 0 Å². The highest BCUT2D eigenvalue weighted by molar-refractivity contribution is 6.30. The van der Waals surface area contributed by atoms with Gasteiger partial charge >= 0.3 is 0 Å². The van der Waals surface area contributed by atoms with Crippen molar-refractivity contribution >= 4 is 40.9 Å². The van der Waals surface area contributed by atoms with E-state index in [1.54, 1.807) is 24.3 Å². The van der Waals surface area contributed by atoms with Crippen molar-refractivity contribution in [2.75, 3.05) is 22.1 Å². The number of nitrogens with zero attached hydrogens (tertiary/aromatic N) is 2. The molecule has 2 amide bonds. The number of aromatic nitrogens is 2. The van der Waals surface area contributed by atoms with Gasteiger partial charge in [0.15, 0.2) is 0 Å². The van der Waals surface area contributed by atoms with Gasteiger partial charge in [-0.3, -0.25) is 19.4 Å². The zero-order valence-corrected chi connectivity index (χ0v) is 17.5. The number of amides is 2. The number of carbonyl (C=O) groups is 2. The number of aromatic amines is 1. The third-order valence-corrected chi connectivity index (χ3v) is 5.99. The van der Waals surface area contributed by atoms with Gasteiger partial charge in [-0.05, 0) is 49.9 Å². The molecule has 1 aromatic carbocycles. The lowest BCUT2D eigenvalue weighted by Gasteiger charge is -2.36. The van der Waals surface area contributed by atoms with E-state index >= 15 is 0 Å². The number of fused-ring (bicyclic) bond motifs is 1. The highest BCUT2D eigenvalue weighted by Crippen LogP contribution is 2.31. The number of halogens is 1. The molecule has 3 heterocycles. The summed E-state index contributed by atoms with van der Waals surface area (Å²) in [6.45, 7) is 2.91. The van der Waals surface area contributed by atoms with Crippen LogP contribution in [0.2, 0.25) is 5.02 Å². The summed E-state index contributed by atoms with van der Waals surface area (Å²) in [6, 6.07) is 6.93. The normalized spacial score (nSPS) is 21.0. The first-order chi connectivity index (χ1) is 14.5. The van der Waals surface area contributed by atoms with Crippen LogP contribution in [-0.4, -0.2) is 34.4 Å². The van der Waals surface area contributed by atoms with Crippen molar-refractivity contribution in [3.8, 4) is 0 Å². The van der Waals surface area contributed by atoms with Crippen LogP contribution in [0.4, 0.5) is 17.5 Å². The Morgan fingerprint density at radius 3 is 2.77 bits per heavy atom. The molecule has 2 unspecified atom stereocenters. The second-order valence-electron chi connectivity index (χ2n) is 7.70. The molecule has 0 bridgehead atoms. The molecule has 1 saturated heterocycles. The summed E-state index contributed by atoms with van der Waals surface area (Å²) in [7, 11) is 0. The molecular formula is C21H24ClN5O3. The maximum atomic E-state index is 13.0. The van der Waals surface area contributed by atoms with Crippen LogP contribution in [0.5, 0.6) is 0 Å². The molecule has 2 aliphatic rings. The van der Waals surface area contributed by atoms with Gasteiger partial charge in [0.1, 0.15) is 5.82 Å². The maximum absolute atomic E-state index is 13.0. The smallest absolute Gasteiger partial charge is 0.258 e. The summed E-state index contributed by atoms with van der Waals surface area (Å²) in [5.74, 6) is -1.07. The molecule has 0 spiro atoms. The predicted molar refractivity (Wildman–Crippen MR) is 116 cm³/mol. The van der Waals surface area contributed by atoms with Crippen LogP contribution in [0.25, 0.3) is 0 Å². The summed E-state index contributed by atoms with van der Waals surface area (Å²) >= 11 is 5.88. The molecule has 158 valence electrons. The maximum Gasteiger partial charge on any atom is 0.258 e. The predicted octanol–water partition coefficient (Wildman–Crippen LogP) is 3.26. The Morgan fingerprint density at radius 1 is 1.27 bits per heavy atom. The number of anilines is 3. The van der Waals surface area contributed by atoms with Gasteiger partial charge in [0.2, 0.25) is 17.8 Å². The molecule has 1 fully saturated rings. The van der Waals surface area contributed by atoms with Crippen LogP contribution in [-0.2, 0) is 9.59 Å². The topological polar surface area (TPSA) is 107 Å². The summed E-state index contributed by atoms with van der Waals surface area (Å²) in [5, 5.41) is 5.98. The van der Waals surface area contributed by atoms with Crippen molar-refractivity contribution < 1.29 is 9.59 Å². The Kier molecular flexibility index (Phi) is 5.76. The van der Waals surface area contributed by atoms with Gasteiger partial charge in [-0.15, -0.1) is 0 Å². The lowest BCUT2D eigenvalue weighted by molar-refractivity contribution is -0.123. The van der Waals surface area contributed by atoms with Crippen LogP contribution >= 0.6 is 11.6 Å². The lowest BCUT2D eigenvalue weighted by atomic mass is 9.92. The van der Waals surface area contributed by atoms with Crippen molar-refractivity contribution in [2.45, 2.75) is 51.0 Å². The van der Waals surface area contributed by atoms with Gasteiger partial charge in [0.05, 0.1) is 11.5 Å². The first-order valence-electron chi connectivity index (χ1n) is 10.2. The molecule has 2 aromatic rings. The number of hydrogen-bond donors (Lipinski definition) is 3. The van der Waals surface area contributed by atoms with Crippen molar-refractivity contribution in [2.24, 2.45) is 0 Å². The fourth-order valence-electron chi connectivity index (χ4n) is 4.19. The van der Waals surface area contributed by atoms with E-state index < -0.39 is 17.4 Å². The number of carbonyl (C=O) groups excluding carboxylic acids is 2. The molecule has 9 heteroatoms. The largest absolute Gasteiger partial charge is 0.339 e. The van der Waals surface area contributed by atoms with E-state index in [1.807, 2.05) is 0 Å². The molecule has 0 saturated carbocycles. The molecule has 1 aromatic heterocycles. The Morgan fingerprint density at radius 2 is 2.03 bits per heavy atom. The third-order valence-electron chi connectivity index (χ3n) is 5.74. The van der Waals surface area contributed by atoms with E-state index in [2.05, 4.69) is 32.4 Å². The van der Waals surface area contributed by atoms with Crippen molar-refractivity contribution in [1.82, 2.24) is 9.97 Å². The molecule has 30 heavy (non-hydrogen) atoms. The van der Waals surface area contributed by atoms with Crippen LogP contribution in [0, 0.1) is 0 Å². The number of H-pyrrole nitrogens is 1. The Balaban J connectivity index is 1.65. The minimum atomic E-state index is -0.918. The highest BCUT2D eigenvalue weighted by atomic mass is 35.5. The summed E-state index contributed by atoms with van der Waals surface area (Å²) in [4.78, 5) is 47.6. The molecule has 2 atom stereocenters. The van der Waals surface area contributed by atoms with E-state index in [0.717, 1.165) is 32.2 Å². The minimum absolute atomic E-state index is 0.113. The second-order valence-corrected chi connectivity index (χ2v) is 8.14. The first-order valence-corrected chi connectivity index (χ1v) is 10.6. The standard InChI is InChI=1S/C21H24ClN5O3/c1-2-14-5-3-4-10-27(14)21-25-18-17(20(30)26-21)15(11-16(28)24-18)19(29)23-13-8-6-12(22)7-9-13/h6-9,14-15H,2-5,10-11H2,1H3,(H,23,29)(H2,24,25,26,28,30). The molecule has 0 radical (unpaired) electrons.